The quantitative estimate of drug-likeness (QED) is 0.271. The summed E-state index contributed by atoms with van der Waals surface area (Å²) in [6.07, 6.45) is 0. The summed E-state index contributed by atoms with van der Waals surface area (Å²) in [7, 11) is -0.949. The van der Waals surface area contributed by atoms with Gasteiger partial charge in [0, 0.05) is 22.6 Å². The van der Waals surface area contributed by atoms with E-state index < -0.39 is 7.12 Å². The molecule has 36 heavy (non-hydrogen) atoms. The zero-order chi connectivity index (χ0) is 25.7. The van der Waals surface area contributed by atoms with Crippen molar-refractivity contribution in [2.75, 3.05) is 5.32 Å². The number of rotatable bonds is 5. The molecular weight excluding hydrogens is 475 g/mol. The molecule has 184 valence electrons. The number of anilines is 1. The maximum Gasteiger partial charge on any atom is 0.491 e. The highest BCUT2D eigenvalue weighted by atomic mass is 35.5. The molecule has 2 aromatic carbocycles. The van der Waals surface area contributed by atoms with Crippen molar-refractivity contribution in [3.63, 3.8) is 0 Å². The smallest absolute Gasteiger partial charge is 0.460 e. The van der Waals surface area contributed by atoms with Gasteiger partial charge in [0.2, 0.25) is 0 Å². The van der Waals surface area contributed by atoms with Crippen LogP contribution in [0.3, 0.4) is 0 Å². The van der Waals surface area contributed by atoms with E-state index in [-0.39, 0.29) is 17.4 Å². The maximum absolute atomic E-state index is 13.2. The highest BCUT2D eigenvalue weighted by Gasteiger charge is 2.28. The van der Waals surface area contributed by atoms with E-state index in [1.165, 1.54) is 0 Å². The summed E-state index contributed by atoms with van der Waals surface area (Å²) in [5.74, 6) is 0.795. The molecule has 0 saturated carbocycles. The number of halogens is 1. The van der Waals surface area contributed by atoms with Crippen molar-refractivity contribution in [1.82, 2.24) is 4.98 Å². The lowest BCUT2D eigenvalue weighted by atomic mass is 9.78. The number of nitrogens with one attached hydrogen (secondary N) is 1. The van der Waals surface area contributed by atoms with Gasteiger partial charge in [-0.3, -0.25) is 4.79 Å². The number of aromatic nitrogens is 1. The fraction of sp³-hybridized carbons (Fsp3) is 0.286. The Kier molecular flexibility index (Phi) is 6.41. The Morgan fingerprint density at radius 1 is 1.11 bits per heavy atom. The third kappa shape index (κ3) is 4.32. The van der Waals surface area contributed by atoms with Crippen LogP contribution in [0.5, 0.6) is 0 Å². The summed E-state index contributed by atoms with van der Waals surface area (Å²) in [6.45, 7) is 10.3. The Balaban J connectivity index is 1.60. The number of hydrogen-bond acceptors (Lipinski definition) is 6. The van der Waals surface area contributed by atoms with Crippen LogP contribution >= 0.6 is 11.6 Å². The first-order chi connectivity index (χ1) is 17.1. The van der Waals surface area contributed by atoms with Gasteiger partial charge in [0.05, 0.1) is 29.4 Å². The summed E-state index contributed by atoms with van der Waals surface area (Å²) in [6, 6.07) is 13.1. The van der Waals surface area contributed by atoms with E-state index in [1.807, 2.05) is 65.0 Å². The summed E-state index contributed by atoms with van der Waals surface area (Å²) < 4.78 is 11.7. The van der Waals surface area contributed by atoms with Crippen LogP contribution in [0.2, 0.25) is 5.15 Å². The molecule has 1 aliphatic rings. The van der Waals surface area contributed by atoms with Gasteiger partial charge in [-0.1, -0.05) is 49.7 Å². The normalized spacial score (nSPS) is 13.9. The second-order valence-electron chi connectivity index (χ2n) is 9.78. The van der Waals surface area contributed by atoms with E-state index in [9.17, 15) is 9.82 Å². The molecule has 6 nitrogen and oxygen atoms in total. The van der Waals surface area contributed by atoms with Gasteiger partial charge in [-0.05, 0) is 55.6 Å². The first-order valence-corrected chi connectivity index (χ1v) is 12.5. The Morgan fingerprint density at radius 3 is 2.64 bits per heavy atom. The second kappa shape index (κ2) is 9.39. The van der Waals surface area contributed by atoms with E-state index in [2.05, 4.69) is 16.4 Å². The van der Waals surface area contributed by atoms with Crippen molar-refractivity contribution in [1.29, 1.82) is 0 Å². The highest BCUT2D eigenvalue weighted by molar-refractivity contribution is 6.61. The molecule has 2 N–H and O–H groups in total. The molecule has 2 aromatic heterocycles. The summed E-state index contributed by atoms with van der Waals surface area (Å²) in [5.41, 5.74) is 7.06. The van der Waals surface area contributed by atoms with Gasteiger partial charge in [-0.2, -0.15) is 0 Å². The first kappa shape index (κ1) is 24.6. The van der Waals surface area contributed by atoms with Crippen molar-refractivity contribution in [3.05, 3.63) is 85.9 Å². The molecule has 1 atom stereocenters. The maximum atomic E-state index is 13.2. The van der Waals surface area contributed by atoms with Crippen LogP contribution in [-0.4, -0.2) is 17.1 Å². The number of aryl methyl sites for hydroxylation is 1. The van der Waals surface area contributed by atoms with Crippen molar-refractivity contribution in [2.45, 2.75) is 53.2 Å². The number of pyridine rings is 1. The van der Waals surface area contributed by atoms with E-state index in [1.54, 1.807) is 6.07 Å². The molecule has 3 heterocycles. The van der Waals surface area contributed by atoms with Crippen LogP contribution in [0.4, 0.5) is 5.69 Å². The van der Waals surface area contributed by atoms with E-state index in [0.29, 0.717) is 39.7 Å². The van der Waals surface area contributed by atoms with Gasteiger partial charge in [0.25, 0.3) is 0 Å². The van der Waals surface area contributed by atoms with E-state index >= 15 is 0 Å². The number of fused-ring (bicyclic) bond motifs is 2. The predicted octanol–water partition coefficient (Wildman–Crippen LogP) is 5.64. The Morgan fingerprint density at radius 2 is 1.89 bits per heavy atom. The van der Waals surface area contributed by atoms with Gasteiger partial charge < -0.3 is 19.4 Å². The SMILES string of the molecule is Cc1cc(C(C)Nc2ccc(Cl)nc2-c2ccc3c(c2)B(O)OC3)c2oc(C(C)C)c(C)c(=O)c2c1. The van der Waals surface area contributed by atoms with Crippen LogP contribution in [-0.2, 0) is 11.3 Å². The third-order valence-electron chi connectivity index (χ3n) is 6.74. The fourth-order valence-electron chi connectivity index (χ4n) is 4.90. The van der Waals surface area contributed by atoms with Crippen molar-refractivity contribution in [2.24, 2.45) is 0 Å². The van der Waals surface area contributed by atoms with Crippen LogP contribution in [0.1, 0.15) is 60.7 Å². The standard InChI is InChI=1S/C28H28BClN2O4/c1-14(2)27-16(4)26(33)21-11-15(3)10-20(28(21)36-27)17(5)31-23-8-9-24(30)32-25(23)18-6-7-19-13-35-29(34)22(19)12-18/h6-12,14,17,31,34H,13H2,1-5H3. The lowest BCUT2D eigenvalue weighted by Crippen LogP contribution is -2.28. The zero-order valence-corrected chi connectivity index (χ0v) is 21.7. The molecule has 1 unspecified atom stereocenters. The zero-order valence-electron chi connectivity index (χ0n) is 21.0. The van der Waals surface area contributed by atoms with Crippen LogP contribution in [0.25, 0.3) is 22.2 Å². The topological polar surface area (TPSA) is 84.6 Å². The van der Waals surface area contributed by atoms with Crippen molar-refractivity contribution >= 4 is 40.8 Å². The summed E-state index contributed by atoms with van der Waals surface area (Å²) in [5, 5.41) is 14.7. The predicted molar refractivity (Wildman–Crippen MR) is 145 cm³/mol. The molecule has 4 aromatic rings. The molecular formula is C28H28BClN2O4. The molecule has 0 amide bonds. The molecule has 5 rings (SSSR count). The van der Waals surface area contributed by atoms with E-state index in [4.69, 9.17) is 20.7 Å². The van der Waals surface area contributed by atoms with Crippen LogP contribution in [0.15, 0.2) is 51.7 Å². The average molecular weight is 503 g/mol. The van der Waals surface area contributed by atoms with Gasteiger partial charge in [0.1, 0.15) is 16.5 Å². The number of benzene rings is 2. The Bertz CT molecular complexity index is 1550. The van der Waals surface area contributed by atoms with Crippen molar-refractivity contribution < 1.29 is 14.1 Å². The Labute approximate surface area is 215 Å². The van der Waals surface area contributed by atoms with Gasteiger partial charge in [0.15, 0.2) is 5.43 Å². The summed E-state index contributed by atoms with van der Waals surface area (Å²) in [4.78, 5) is 17.8. The molecule has 0 bridgehead atoms. The van der Waals surface area contributed by atoms with Gasteiger partial charge in [-0.15, -0.1) is 0 Å². The van der Waals surface area contributed by atoms with E-state index in [0.717, 1.165) is 33.4 Å². The minimum atomic E-state index is -0.949. The lowest BCUT2D eigenvalue weighted by Gasteiger charge is -2.21. The number of nitrogens with zero attached hydrogens (tertiary/aromatic N) is 1. The molecule has 1 aliphatic heterocycles. The number of hydrogen-bond donors (Lipinski definition) is 2. The molecule has 0 aliphatic carbocycles. The summed E-state index contributed by atoms with van der Waals surface area (Å²) >= 11 is 6.28. The van der Waals surface area contributed by atoms with Crippen LogP contribution < -0.4 is 16.2 Å². The van der Waals surface area contributed by atoms with Gasteiger partial charge >= 0.3 is 7.12 Å². The average Bonchev–Trinajstić information content (AvgIpc) is 3.22. The Hall–Kier alpha value is -3.13. The third-order valence-corrected chi connectivity index (χ3v) is 6.95. The minimum absolute atomic E-state index is 0.00451. The lowest BCUT2D eigenvalue weighted by molar-refractivity contribution is 0.275. The molecule has 8 heteroatoms. The van der Waals surface area contributed by atoms with Crippen LogP contribution in [0, 0.1) is 13.8 Å². The highest BCUT2D eigenvalue weighted by Crippen LogP contribution is 2.34. The molecule has 0 fully saturated rings. The first-order valence-electron chi connectivity index (χ1n) is 12.1. The largest absolute Gasteiger partial charge is 0.491 e. The molecule has 0 spiro atoms. The monoisotopic (exact) mass is 502 g/mol. The molecule has 0 radical (unpaired) electrons. The fourth-order valence-corrected chi connectivity index (χ4v) is 5.05. The van der Waals surface area contributed by atoms with Gasteiger partial charge in [-0.25, -0.2) is 4.98 Å². The van der Waals surface area contributed by atoms with Crippen molar-refractivity contribution in [3.8, 4) is 11.3 Å². The minimum Gasteiger partial charge on any atom is -0.460 e. The molecule has 0 saturated heterocycles. The second-order valence-corrected chi connectivity index (χ2v) is 10.2.